The molecule has 0 aromatic carbocycles. The third-order valence-corrected chi connectivity index (χ3v) is 5.69. The molecule has 0 saturated carbocycles. The summed E-state index contributed by atoms with van der Waals surface area (Å²) in [7, 11) is -3.28. The Morgan fingerprint density at radius 3 is 2.00 bits per heavy atom. The van der Waals surface area contributed by atoms with Crippen LogP contribution in [0.2, 0.25) is 0 Å². The number of hydrogen-bond acceptors (Lipinski definition) is 7. The zero-order valence-electron chi connectivity index (χ0n) is 18.9. The van der Waals surface area contributed by atoms with Crippen molar-refractivity contribution in [2.45, 2.75) is 61.3 Å². The van der Waals surface area contributed by atoms with Crippen LogP contribution in [0.4, 0.5) is 0 Å². The van der Waals surface area contributed by atoms with E-state index in [2.05, 4.69) is 31.6 Å². The molecule has 0 heterocycles. The number of rotatable bonds is 9. The molecule has 0 amide bonds. The van der Waals surface area contributed by atoms with E-state index in [0.29, 0.717) is 6.61 Å². The first-order chi connectivity index (χ1) is 13.5. The summed E-state index contributed by atoms with van der Waals surface area (Å²) < 4.78 is 31.2. The van der Waals surface area contributed by atoms with Crippen molar-refractivity contribution >= 4 is 19.5 Å². The second-order valence-corrected chi connectivity index (χ2v) is 9.44. The molecule has 29 heavy (non-hydrogen) atoms. The Labute approximate surface area is 175 Å². The molecule has 0 spiro atoms. The SMILES string of the molecule is CCOC(=O)/C=C1/C=C(C)CC(C)(C)C1.CCOC(=O)CP(=O)(OCC)OCC. The summed E-state index contributed by atoms with van der Waals surface area (Å²) in [6, 6.07) is 0. The van der Waals surface area contributed by atoms with Gasteiger partial charge in [-0.2, -0.15) is 0 Å². The Kier molecular flexibility index (Phi) is 13.1. The summed E-state index contributed by atoms with van der Waals surface area (Å²) in [5, 5.41) is 0. The second-order valence-electron chi connectivity index (χ2n) is 7.39. The summed E-state index contributed by atoms with van der Waals surface area (Å²) >= 11 is 0. The summed E-state index contributed by atoms with van der Waals surface area (Å²) in [5.41, 5.74) is 2.68. The second kappa shape index (κ2) is 13.7. The van der Waals surface area contributed by atoms with Crippen LogP contribution in [0, 0.1) is 5.41 Å². The van der Waals surface area contributed by atoms with E-state index in [9.17, 15) is 14.2 Å². The van der Waals surface area contributed by atoms with Gasteiger partial charge in [0.05, 0.1) is 26.4 Å². The van der Waals surface area contributed by atoms with Crippen LogP contribution < -0.4 is 0 Å². The summed E-state index contributed by atoms with van der Waals surface area (Å²) in [6.07, 6.45) is 5.45. The maximum Gasteiger partial charge on any atom is 0.341 e. The molecule has 168 valence electrons. The van der Waals surface area contributed by atoms with Crippen molar-refractivity contribution in [2.75, 3.05) is 32.6 Å². The Morgan fingerprint density at radius 2 is 1.55 bits per heavy atom. The largest absolute Gasteiger partial charge is 0.466 e. The Balaban J connectivity index is 0.000000543. The van der Waals surface area contributed by atoms with Gasteiger partial charge >= 0.3 is 19.5 Å². The predicted octanol–water partition coefficient (Wildman–Crippen LogP) is 5.06. The fraction of sp³-hybridized carbons (Fsp3) is 0.714. The minimum Gasteiger partial charge on any atom is -0.466 e. The Morgan fingerprint density at radius 1 is 1.00 bits per heavy atom. The van der Waals surface area contributed by atoms with Gasteiger partial charge in [0.25, 0.3) is 0 Å². The monoisotopic (exact) mass is 432 g/mol. The lowest BCUT2D eigenvalue weighted by Crippen LogP contribution is -2.17. The van der Waals surface area contributed by atoms with Gasteiger partial charge in [-0.3, -0.25) is 9.36 Å². The van der Waals surface area contributed by atoms with E-state index in [1.807, 2.05) is 6.92 Å². The molecule has 0 atom stereocenters. The van der Waals surface area contributed by atoms with Crippen molar-refractivity contribution in [2.24, 2.45) is 5.41 Å². The van der Waals surface area contributed by atoms with Gasteiger partial charge in [-0.15, -0.1) is 0 Å². The molecule has 0 saturated heterocycles. The van der Waals surface area contributed by atoms with Gasteiger partial charge in [-0.25, -0.2) is 4.79 Å². The normalized spacial score (nSPS) is 17.1. The van der Waals surface area contributed by atoms with Crippen LogP contribution in [0.15, 0.2) is 23.3 Å². The van der Waals surface area contributed by atoms with Gasteiger partial charge in [0, 0.05) is 6.08 Å². The lowest BCUT2D eigenvalue weighted by molar-refractivity contribution is -0.140. The number of esters is 2. The maximum absolute atomic E-state index is 11.8. The number of carbonyl (C=O) groups is 2. The van der Waals surface area contributed by atoms with Crippen molar-refractivity contribution in [1.82, 2.24) is 0 Å². The van der Waals surface area contributed by atoms with Gasteiger partial charge in [0.1, 0.15) is 6.16 Å². The van der Waals surface area contributed by atoms with Crippen molar-refractivity contribution < 1.29 is 32.7 Å². The van der Waals surface area contributed by atoms with E-state index in [1.54, 1.807) is 26.8 Å². The molecule has 0 unspecified atom stereocenters. The zero-order chi connectivity index (χ0) is 22.5. The van der Waals surface area contributed by atoms with Crippen LogP contribution >= 0.6 is 7.60 Å². The van der Waals surface area contributed by atoms with Gasteiger partial charge in [0.2, 0.25) is 0 Å². The lowest BCUT2D eigenvalue weighted by atomic mass is 9.75. The third kappa shape index (κ3) is 12.7. The first kappa shape index (κ1) is 27.6. The van der Waals surface area contributed by atoms with Crippen LogP contribution in [0.1, 0.15) is 61.3 Å². The van der Waals surface area contributed by atoms with Gasteiger partial charge < -0.3 is 18.5 Å². The van der Waals surface area contributed by atoms with Gasteiger partial charge in [-0.1, -0.05) is 25.5 Å². The van der Waals surface area contributed by atoms with Gasteiger partial charge in [0.15, 0.2) is 0 Å². The van der Waals surface area contributed by atoms with Crippen molar-refractivity contribution in [1.29, 1.82) is 0 Å². The molecule has 7 nitrogen and oxygen atoms in total. The van der Waals surface area contributed by atoms with E-state index >= 15 is 0 Å². The van der Waals surface area contributed by atoms with Crippen molar-refractivity contribution in [3.63, 3.8) is 0 Å². The lowest BCUT2D eigenvalue weighted by Gasteiger charge is -2.30. The number of carbonyl (C=O) groups excluding carboxylic acids is 2. The molecule has 0 aliphatic heterocycles. The average Bonchev–Trinajstić information content (AvgIpc) is 2.53. The van der Waals surface area contributed by atoms with Crippen LogP contribution in [0.25, 0.3) is 0 Å². The fourth-order valence-electron chi connectivity index (χ4n) is 3.10. The number of hydrogen-bond donors (Lipinski definition) is 0. The predicted molar refractivity (Wildman–Crippen MR) is 114 cm³/mol. The summed E-state index contributed by atoms with van der Waals surface area (Å²) in [5.74, 6) is -0.785. The van der Waals surface area contributed by atoms with Crippen LogP contribution in [0.3, 0.4) is 0 Å². The molecule has 1 aliphatic carbocycles. The molecular weight excluding hydrogens is 395 g/mol. The number of ether oxygens (including phenoxy) is 2. The Hall–Kier alpha value is -1.43. The topological polar surface area (TPSA) is 88.1 Å². The third-order valence-electron chi connectivity index (χ3n) is 3.74. The summed E-state index contributed by atoms with van der Waals surface area (Å²) in [6.45, 7) is 14.6. The quantitative estimate of drug-likeness (QED) is 0.286. The molecule has 1 rings (SSSR count). The first-order valence-corrected chi connectivity index (χ1v) is 11.8. The highest BCUT2D eigenvalue weighted by Gasteiger charge is 2.28. The molecule has 0 bridgehead atoms. The minimum atomic E-state index is -3.28. The summed E-state index contributed by atoms with van der Waals surface area (Å²) in [4.78, 5) is 22.4. The molecular formula is C21H37O7P. The van der Waals surface area contributed by atoms with Gasteiger partial charge in [-0.05, 0) is 58.4 Å². The molecule has 1 aliphatic rings. The molecule has 0 fully saturated rings. The fourth-order valence-corrected chi connectivity index (χ4v) is 4.55. The smallest absolute Gasteiger partial charge is 0.341 e. The van der Waals surface area contributed by atoms with E-state index < -0.39 is 13.6 Å². The Bertz CT molecular complexity index is 625. The van der Waals surface area contributed by atoms with E-state index in [1.165, 1.54) is 5.57 Å². The molecule has 0 aromatic rings. The minimum absolute atomic E-state index is 0.228. The first-order valence-electron chi connectivity index (χ1n) is 10.1. The highest BCUT2D eigenvalue weighted by atomic mass is 31.2. The molecule has 8 heteroatoms. The zero-order valence-corrected chi connectivity index (χ0v) is 19.8. The number of allylic oxidation sites excluding steroid dienone is 3. The van der Waals surface area contributed by atoms with Crippen molar-refractivity contribution in [3.05, 3.63) is 23.3 Å². The molecule has 0 aromatic heterocycles. The average molecular weight is 432 g/mol. The molecule has 0 N–H and O–H groups in total. The standard InChI is InChI=1S/C13H20O2.C8H17O5P/c1-5-15-12(14)7-11-6-10(2)8-13(3,4)9-11;1-4-11-8(9)7-14(10,12-5-2)13-6-3/h6-7H,5,8-9H2,1-4H3;4-7H2,1-3H3/b11-7-;. The highest BCUT2D eigenvalue weighted by molar-refractivity contribution is 7.54. The van der Waals surface area contributed by atoms with Crippen LogP contribution in [-0.4, -0.2) is 44.5 Å². The van der Waals surface area contributed by atoms with Crippen LogP contribution in [-0.2, 0) is 32.7 Å². The van der Waals surface area contributed by atoms with E-state index in [0.717, 1.165) is 18.4 Å². The van der Waals surface area contributed by atoms with E-state index in [4.69, 9.17) is 13.8 Å². The van der Waals surface area contributed by atoms with Crippen molar-refractivity contribution in [3.8, 4) is 0 Å². The van der Waals surface area contributed by atoms with Crippen LogP contribution in [0.5, 0.6) is 0 Å². The maximum atomic E-state index is 11.8. The highest BCUT2D eigenvalue weighted by Crippen LogP contribution is 2.47. The van der Waals surface area contributed by atoms with E-state index in [-0.39, 0.29) is 37.4 Å². The molecule has 0 radical (unpaired) electrons.